The molecule has 114 valence electrons. The molecule has 2 unspecified atom stereocenters. The molecule has 0 saturated heterocycles. The van der Waals surface area contributed by atoms with E-state index in [0.717, 1.165) is 6.42 Å². The van der Waals surface area contributed by atoms with Crippen LogP contribution in [0.15, 0.2) is 0 Å². The minimum Gasteiger partial charge on any atom is -0.468 e. The van der Waals surface area contributed by atoms with Crippen LogP contribution in [-0.4, -0.2) is 39.3 Å². The maximum Gasteiger partial charge on any atom is 0.323 e. The second kappa shape index (κ2) is 6.78. The van der Waals surface area contributed by atoms with Crippen molar-refractivity contribution in [1.82, 2.24) is 25.5 Å². The molecule has 1 aromatic rings. The van der Waals surface area contributed by atoms with Crippen molar-refractivity contribution in [2.24, 2.45) is 5.92 Å². The number of tetrazole rings is 1. The van der Waals surface area contributed by atoms with Crippen LogP contribution < -0.4 is 5.32 Å². The minimum atomic E-state index is -0.352. The van der Waals surface area contributed by atoms with E-state index in [-0.39, 0.29) is 23.5 Å². The molecule has 1 aromatic heterocycles. The van der Waals surface area contributed by atoms with Gasteiger partial charge in [0.15, 0.2) is 5.82 Å². The van der Waals surface area contributed by atoms with Gasteiger partial charge in [0.05, 0.1) is 19.2 Å². The summed E-state index contributed by atoms with van der Waals surface area (Å²) in [6, 6.07) is -0.352. The van der Waals surface area contributed by atoms with E-state index in [2.05, 4.69) is 20.8 Å². The lowest BCUT2D eigenvalue weighted by molar-refractivity contribution is -0.144. The smallest absolute Gasteiger partial charge is 0.323 e. The Morgan fingerprint density at radius 2 is 2.10 bits per heavy atom. The van der Waals surface area contributed by atoms with E-state index < -0.39 is 0 Å². The summed E-state index contributed by atoms with van der Waals surface area (Å²) < 4.78 is 6.60. The molecule has 0 radical (unpaired) electrons. The van der Waals surface area contributed by atoms with E-state index in [1.54, 1.807) is 4.68 Å². The van der Waals surface area contributed by atoms with Gasteiger partial charge in [-0.25, -0.2) is 4.68 Å². The van der Waals surface area contributed by atoms with E-state index in [1.165, 1.54) is 7.11 Å². The van der Waals surface area contributed by atoms with Crippen LogP contribution >= 0.6 is 0 Å². The molecule has 0 amide bonds. The third-order valence-electron chi connectivity index (χ3n) is 3.32. The monoisotopic (exact) mass is 283 g/mol. The summed E-state index contributed by atoms with van der Waals surface area (Å²) in [7, 11) is 1.40. The van der Waals surface area contributed by atoms with Crippen LogP contribution in [-0.2, 0) is 21.6 Å². The number of aromatic nitrogens is 4. The van der Waals surface area contributed by atoms with Gasteiger partial charge in [0.2, 0.25) is 0 Å². The summed E-state index contributed by atoms with van der Waals surface area (Å²) in [6.07, 6.45) is 0.886. The first-order valence-corrected chi connectivity index (χ1v) is 6.90. The minimum absolute atomic E-state index is 0.182. The first kappa shape index (κ1) is 16.6. The van der Waals surface area contributed by atoms with Gasteiger partial charge >= 0.3 is 5.97 Å². The van der Waals surface area contributed by atoms with Crippen LogP contribution in [0.3, 0.4) is 0 Å². The summed E-state index contributed by atoms with van der Waals surface area (Å²) in [4.78, 5) is 11.8. The molecule has 0 fully saturated rings. The maximum absolute atomic E-state index is 11.8. The predicted molar refractivity (Wildman–Crippen MR) is 74.9 cm³/mol. The Morgan fingerprint density at radius 3 is 2.60 bits per heavy atom. The number of ether oxygens (including phenoxy) is 1. The zero-order valence-electron chi connectivity index (χ0n) is 13.2. The van der Waals surface area contributed by atoms with Crippen molar-refractivity contribution < 1.29 is 9.53 Å². The zero-order chi connectivity index (χ0) is 15.3. The van der Waals surface area contributed by atoms with Crippen LogP contribution in [0.5, 0.6) is 0 Å². The number of esters is 1. The first-order valence-electron chi connectivity index (χ1n) is 6.90. The lowest BCUT2D eigenvalue weighted by Gasteiger charge is -2.23. The molecule has 1 heterocycles. The van der Waals surface area contributed by atoms with Gasteiger partial charge in [-0.2, -0.15) is 0 Å². The Kier molecular flexibility index (Phi) is 5.62. The van der Waals surface area contributed by atoms with Gasteiger partial charge in [-0.1, -0.05) is 20.3 Å². The average molecular weight is 283 g/mol. The molecule has 7 heteroatoms. The van der Waals surface area contributed by atoms with Crippen LogP contribution in [0.25, 0.3) is 0 Å². The van der Waals surface area contributed by atoms with Gasteiger partial charge in [-0.05, 0) is 37.1 Å². The van der Waals surface area contributed by atoms with Crippen molar-refractivity contribution in [1.29, 1.82) is 0 Å². The SMILES string of the molecule is CCC(C)C(NCc1nnnn1C(C)(C)C)C(=O)OC. The standard InChI is InChI=1S/C13H25N5O2/c1-7-9(2)11(12(19)20-6)14-8-10-15-16-17-18(10)13(3,4)5/h9,11,14H,7-8H2,1-6H3. The lowest BCUT2D eigenvalue weighted by Crippen LogP contribution is -2.43. The fourth-order valence-electron chi connectivity index (χ4n) is 1.92. The molecule has 20 heavy (non-hydrogen) atoms. The van der Waals surface area contributed by atoms with Crippen LogP contribution in [0.2, 0.25) is 0 Å². The number of rotatable bonds is 6. The molecule has 0 spiro atoms. The number of nitrogens with one attached hydrogen (secondary N) is 1. The molecule has 0 aliphatic carbocycles. The summed E-state index contributed by atoms with van der Waals surface area (Å²) in [6.45, 7) is 10.6. The fraction of sp³-hybridized carbons (Fsp3) is 0.846. The Morgan fingerprint density at radius 1 is 1.45 bits per heavy atom. The van der Waals surface area contributed by atoms with Gasteiger partial charge in [-0.3, -0.25) is 10.1 Å². The predicted octanol–water partition coefficient (Wildman–Crippen LogP) is 1.11. The molecule has 0 aliphatic rings. The van der Waals surface area contributed by atoms with Crippen molar-refractivity contribution in [2.75, 3.05) is 7.11 Å². The van der Waals surface area contributed by atoms with Gasteiger partial charge in [0.25, 0.3) is 0 Å². The van der Waals surface area contributed by atoms with Gasteiger partial charge in [-0.15, -0.1) is 5.10 Å². The highest BCUT2D eigenvalue weighted by Gasteiger charge is 2.26. The van der Waals surface area contributed by atoms with Gasteiger partial charge in [0, 0.05) is 0 Å². The zero-order valence-corrected chi connectivity index (χ0v) is 13.2. The first-order chi connectivity index (χ1) is 9.31. The van der Waals surface area contributed by atoms with E-state index in [9.17, 15) is 4.79 Å². The van der Waals surface area contributed by atoms with E-state index in [1.807, 2.05) is 34.6 Å². The largest absolute Gasteiger partial charge is 0.468 e. The molecule has 1 N–H and O–H groups in total. The van der Waals surface area contributed by atoms with Crippen molar-refractivity contribution in [2.45, 2.75) is 59.2 Å². The number of methoxy groups -OCH3 is 1. The molecule has 0 aliphatic heterocycles. The highest BCUT2D eigenvalue weighted by Crippen LogP contribution is 2.14. The molecule has 0 aromatic carbocycles. The van der Waals surface area contributed by atoms with Gasteiger partial charge in [0.1, 0.15) is 6.04 Å². The van der Waals surface area contributed by atoms with Crippen LogP contribution in [0.1, 0.15) is 46.9 Å². The summed E-state index contributed by atoms with van der Waals surface area (Å²) in [5, 5.41) is 14.9. The fourth-order valence-corrected chi connectivity index (χ4v) is 1.92. The molecular weight excluding hydrogens is 258 g/mol. The molecule has 0 bridgehead atoms. The summed E-state index contributed by atoms with van der Waals surface area (Å²) in [5.74, 6) is 0.630. The third kappa shape index (κ3) is 4.00. The number of hydrogen-bond donors (Lipinski definition) is 1. The quantitative estimate of drug-likeness (QED) is 0.787. The normalized spacial score (nSPS) is 14.9. The Bertz CT molecular complexity index is 438. The summed E-state index contributed by atoms with van der Waals surface area (Å²) in [5.41, 5.74) is -0.197. The average Bonchev–Trinajstić information content (AvgIpc) is 2.86. The molecule has 2 atom stereocenters. The molecule has 1 rings (SSSR count). The van der Waals surface area contributed by atoms with Crippen molar-refractivity contribution in [3.63, 3.8) is 0 Å². The second-order valence-electron chi connectivity index (χ2n) is 5.95. The molecule has 0 saturated carbocycles. The number of carbonyl (C=O) groups excluding carboxylic acids is 1. The van der Waals surface area contributed by atoms with Crippen molar-refractivity contribution >= 4 is 5.97 Å². The van der Waals surface area contributed by atoms with Crippen molar-refractivity contribution in [3.8, 4) is 0 Å². The van der Waals surface area contributed by atoms with Gasteiger partial charge < -0.3 is 4.74 Å². The third-order valence-corrected chi connectivity index (χ3v) is 3.32. The van der Waals surface area contributed by atoms with Crippen LogP contribution in [0.4, 0.5) is 0 Å². The Labute approximate surface area is 120 Å². The Balaban J connectivity index is 2.78. The Hall–Kier alpha value is -1.50. The summed E-state index contributed by atoms with van der Waals surface area (Å²) >= 11 is 0. The van der Waals surface area contributed by atoms with E-state index in [4.69, 9.17) is 4.74 Å². The highest BCUT2D eigenvalue weighted by atomic mass is 16.5. The number of nitrogens with zero attached hydrogens (tertiary/aromatic N) is 4. The molecule has 7 nitrogen and oxygen atoms in total. The van der Waals surface area contributed by atoms with E-state index >= 15 is 0 Å². The topological polar surface area (TPSA) is 81.9 Å². The maximum atomic E-state index is 11.8. The second-order valence-corrected chi connectivity index (χ2v) is 5.95. The molecular formula is C13H25N5O2. The highest BCUT2D eigenvalue weighted by molar-refractivity contribution is 5.75. The lowest BCUT2D eigenvalue weighted by atomic mass is 9.99. The number of hydrogen-bond acceptors (Lipinski definition) is 6. The number of carbonyl (C=O) groups is 1. The van der Waals surface area contributed by atoms with Crippen LogP contribution in [0, 0.1) is 5.92 Å². The van der Waals surface area contributed by atoms with E-state index in [0.29, 0.717) is 12.4 Å². The van der Waals surface area contributed by atoms with Crippen molar-refractivity contribution in [3.05, 3.63) is 5.82 Å².